The molecular weight excluding hydrogens is 248 g/mol. The van der Waals surface area contributed by atoms with E-state index in [0.717, 1.165) is 5.56 Å². The van der Waals surface area contributed by atoms with Crippen LogP contribution in [0.5, 0.6) is 0 Å². The summed E-state index contributed by atoms with van der Waals surface area (Å²) in [5.74, 6) is 0.589. The van der Waals surface area contributed by atoms with E-state index in [2.05, 4.69) is 0 Å². The molecule has 0 aromatic heterocycles. The van der Waals surface area contributed by atoms with Gasteiger partial charge in [0, 0.05) is 5.57 Å². The summed E-state index contributed by atoms with van der Waals surface area (Å²) >= 11 is 0. The first-order valence-electron chi connectivity index (χ1n) is 6.07. The van der Waals surface area contributed by atoms with Crippen molar-refractivity contribution >= 4 is 6.08 Å². The molecule has 1 aliphatic heterocycles. The average molecular weight is 260 g/mol. The van der Waals surface area contributed by atoms with Gasteiger partial charge in [-0.05, 0) is 30.7 Å². The minimum Gasteiger partial charge on any atom is -0.465 e. The molecule has 1 heterocycles. The molecule has 0 saturated carbocycles. The van der Waals surface area contributed by atoms with Crippen LogP contribution in [-0.2, 0) is 4.74 Å². The second kappa shape index (κ2) is 6.22. The smallest absolute Gasteiger partial charge is 0.137 e. The molecule has 0 unspecified atom stereocenters. The SMILES string of the molecule is Cc1ccc(C=CC2=CC(=C(C#N)C#N)C=CO2)cc1. The number of ether oxygens (including phenoxy) is 1. The molecule has 0 fully saturated rings. The zero-order valence-corrected chi connectivity index (χ0v) is 11.0. The van der Waals surface area contributed by atoms with E-state index in [9.17, 15) is 0 Å². The summed E-state index contributed by atoms with van der Waals surface area (Å²) in [7, 11) is 0. The number of hydrogen-bond acceptors (Lipinski definition) is 3. The van der Waals surface area contributed by atoms with Crippen LogP contribution in [0.3, 0.4) is 0 Å². The van der Waals surface area contributed by atoms with Crippen LogP contribution in [0, 0.1) is 29.6 Å². The van der Waals surface area contributed by atoms with Crippen LogP contribution >= 0.6 is 0 Å². The molecule has 0 aliphatic carbocycles. The molecule has 0 radical (unpaired) electrons. The number of nitrogens with zero attached hydrogens (tertiary/aromatic N) is 2. The first-order valence-corrected chi connectivity index (χ1v) is 6.07. The second-order valence-corrected chi connectivity index (χ2v) is 4.27. The standard InChI is InChI=1S/C17H12N2O/c1-13-2-4-14(5-3-13)6-7-17-10-15(8-9-20-17)16(11-18)12-19/h2-10H,1H3. The van der Waals surface area contributed by atoms with Crippen LogP contribution in [-0.4, -0.2) is 0 Å². The van der Waals surface area contributed by atoms with Gasteiger partial charge >= 0.3 is 0 Å². The fourth-order valence-corrected chi connectivity index (χ4v) is 1.67. The first kappa shape index (κ1) is 13.4. The summed E-state index contributed by atoms with van der Waals surface area (Å²) in [5, 5.41) is 17.7. The van der Waals surface area contributed by atoms with Gasteiger partial charge in [0.2, 0.25) is 0 Å². The molecule has 2 rings (SSSR count). The van der Waals surface area contributed by atoms with Gasteiger partial charge < -0.3 is 4.74 Å². The Morgan fingerprint density at radius 3 is 2.45 bits per heavy atom. The Hall–Kier alpha value is -3.04. The monoisotopic (exact) mass is 260 g/mol. The lowest BCUT2D eigenvalue weighted by Crippen LogP contribution is -1.92. The second-order valence-electron chi connectivity index (χ2n) is 4.27. The molecular formula is C17H12N2O. The molecule has 3 heteroatoms. The Morgan fingerprint density at radius 2 is 1.80 bits per heavy atom. The normalized spacial score (nSPS) is 13.3. The van der Waals surface area contributed by atoms with Crippen molar-refractivity contribution in [1.82, 2.24) is 0 Å². The van der Waals surface area contributed by atoms with E-state index in [1.807, 2.05) is 49.4 Å². The molecule has 0 spiro atoms. The average Bonchev–Trinajstić information content (AvgIpc) is 2.48. The Labute approximate surface area is 118 Å². The number of allylic oxidation sites excluding steroid dienone is 5. The van der Waals surface area contributed by atoms with Crippen molar-refractivity contribution in [3.63, 3.8) is 0 Å². The molecule has 3 nitrogen and oxygen atoms in total. The van der Waals surface area contributed by atoms with Crippen LogP contribution in [0.2, 0.25) is 0 Å². The zero-order valence-electron chi connectivity index (χ0n) is 11.0. The summed E-state index contributed by atoms with van der Waals surface area (Å²) in [6.07, 6.45) is 8.47. The maximum atomic E-state index is 8.85. The fraction of sp³-hybridized carbons (Fsp3) is 0.0588. The van der Waals surface area contributed by atoms with Gasteiger partial charge in [-0.3, -0.25) is 0 Å². The predicted octanol–water partition coefficient (Wildman–Crippen LogP) is 3.78. The summed E-state index contributed by atoms with van der Waals surface area (Å²) in [4.78, 5) is 0. The first-order chi connectivity index (χ1) is 9.72. The van der Waals surface area contributed by atoms with Crippen molar-refractivity contribution in [2.75, 3.05) is 0 Å². The van der Waals surface area contributed by atoms with Crippen LogP contribution in [0.25, 0.3) is 6.08 Å². The third-order valence-corrected chi connectivity index (χ3v) is 2.78. The van der Waals surface area contributed by atoms with E-state index in [0.29, 0.717) is 11.3 Å². The van der Waals surface area contributed by atoms with E-state index in [4.69, 9.17) is 15.3 Å². The van der Waals surface area contributed by atoms with Gasteiger partial charge in [0.05, 0.1) is 6.26 Å². The molecule has 1 aromatic carbocycles. The van der Waals surface area contributed by atoms with Crippen LogP contribution in [0.15, 0.2) is 65.7 Å². The Kier molecular flexibility index (Phi) is 4.17. The highest BCUT2D eigenvalue weighted by molar-refractivity contribution is 5.56. The van der Waals surface area contributed by atoms with E-state index in [1.54, 1.807) is 18.2 Å². The van der Waals surface area contributed by atoms with Gasteiger partial charge in [0.15, 0.2) is 0 Å². The summed E-state index contributed by atoms with van der Waals surface area (Å²) < 4.78 is 5.33. The topological polar surface area (TPSA) is 56.8 Å². The Morgan fingerprint density at radius 1 is 1.10 bits per heavy atom. The highest BCUT2D eigenvalue weighted by Crippen LogP contribution is 2.18. The predicted molar refractivity (Wildman–Crippen MR) is 76.8 cm³/mol. The Balaban J connectivity index is 2.23. The highest BCUT2D eigenvalue weighted by Gasteiger charge is 2.06. The fourth-order valence-electron chi connectivity index (χ4n) is 1.67. The maximum Gasteiger partial charge on any atom is 0.137 e. The molecule has 0 atom stereocenters. The van der Waals surface area contributed by atoms with Gasteiger partial charge in [-0.1, -0.05) is 35.9 Å². The lowest BCUT2D eigenvalue weighted by Gasteiger charge is -2.07. The Bertz CT molecular complexity index is 689. The summed E-state index contributed by atoms with van der Waals surface area (Å²) in [6.45, 7) is 2.04. The van der Waals surface area contributed by atoms with Gasteiger partial charge in [0.25, 0.3) is 0 Å². The number of hydrogen-bond donors (Lipinski definition) is 0. The molecule has 0 bridgehead atoms. The highest BCUT2D eigenvalue weighted by atomic mass is 16.5. The van der Waals surface area contributed by atoms with Gasteiger partial charge in [0.1, 0.15) is 23.5 Å². The molecule has 96 valence electrons. The van der Waals surface area contributed by atoms with Crippen molar-refractivity contribution in [3.8, 4) is 12.1 Å². The third-order valence-electron chi connectivity index (χ3n) is 2.78. The molecule has 0 amide bonds. The van der Waals surface area contributed by atoms with E-state index < -0.39 is 0 Å². The van der Waals surface area contributed by atoms with Crippen molar-refractivity contribution in [2.45, 2.75) is 6.92 Å². The van der Waals surface area contributed by atoms with Gasteiger partial charge in [-0.15, -0.1) is 0 Å². The molecule has 1 aliphatic rings. The van der Waals surface area contributed by atoms with Crippen LogP contribution in [0.1, 0.15) is 11.1 Å². The minimum atomic E-state index is 0.0748. The van der Waals surface area contributed by atoms with E-state index >= 15 is 0 Å². The van der Waals surface area contributed by atoms with Crippen LogP contribution < -0.4 is 0 Å². The molecule has 0 N–H and O–H groups in total. The number of nitriles is 2. The molecule has 20 heavy (non-hydrogen) atoms. The van der Waals surface area contributed by atoms with Crippen molar-refractivity contribution < 1.29 is 4.74 Å². The summed E-state index contributed by atoms with van der Waals surface area (Å²) in [6, 6.07) is 11.8. The summed E-state index contributed by atoms with van der Waals surface area (Å²) in [5.41, 5.74) is 2.90. The quantitative estimate of drug-likeness (QED) is 0.760. The third kappa shape index (κ3) is 3.25. The maximum absolute atomic E-state index is 8.85. The van der Waals surface area contributed by atoms with Crippen LogP contribution in [0.4, 0.5) is 0 Å². The number of rotatable bonds is 2. The zero-order chi connectivity index (χ0) is 14.4. The van der Waals surface area contributed by atoms with E-state index in [1.165, 1.54) is 11.8 Å². The molecule has 0 saturated heterocycles. The largest absolute Gasteiger partial charge is 0.465 e. The van der Waals surface area contributed by atoms with Crippen molar-refractivity contribution in [2.24, 2.45) is 0 Å². The van der Waals surface area contributed by atoms with Crippen molar-refractivity contribution in [1.29, 1.82) is 10.5 Å². The van der Waals surface area contributed by atoms with Gasteiger partial charge in [-0.25, -0.2) is 0 Å². The minimum absolute atomic E-state index is 0.0748. The molecule has 1 aromatic rings. The number of benzene rings is 1. The van der Waals surface area contributed by atoms with Gasteiger partial charge in [-0.2, -0.15) is 10.5 Å². The number of aryl methyl sites for hydroxylation is 1. The lowest BCUT2D eigenvalue weighted by atomic mass is 10.1. The van der Waals surface area contributed by atoms with E-state index in [-0.39, 0.29) is 5.57 Å². The lowest BCUT2D eigenvalue weighted by molar-refractivity contribution is 0.364. The van der Waals surface area contributed by atoms with Crippen molar-refractivity contribution in [3.05, 3.63) is 76.8 Å².